The second-order valence-corrected chi connectivity index (χ2v) is 7.97. The summed E-state index contributed by atoms with van der Waals surface area (Å²) < 4.78 is 25.9. The molecule has 2 heterocycles. The second-order valence-electron chi connectivity index (χ2n) is 7.30. The van der Waals surface area contributed by atoms with Crippen molar-refractivity contribution in [2.24, 2.45) is 0 Å². The lowest BCUT2D eigenvalue weighted by atomic mass is 10.2. The largest absolute Gasteiger partial charge is 0.493 e. The van der Waals surface area contributed by atoms with Gasteiger partial charge in [-0.1, -0.05) is 17.7 Å². The quantitative estimate of drug-likeness (QED) is 0.492. The van der Waals surface area contributed by atoms with Crippen LogP contribution in [0.15, 0.2) is 36.7 Å². The maximum atomic E-state index is 14.4. The van der Waals surface area contributed by atoms with Gasteiger partial charge in [0.15, 0.2) is 17.3 Å². The van der Waals surface area contributed by atoms with E-state index in [1.807, 2.05) is 0 Å². The Bertz CT molecular complexity index is 1150. The van der Waals surface area contributed by atoms with E-state index in [9.17, 15) is 9.18 Å². The normalized spacial score (nSPS) is 15.8. The minimum Gasteiger partial charge on any atom is -0.493 e. The highest BCUT2D eigenvalue weighted by Gasteiger charge is 2.29. The number of nitrogens with one attached hydrogen (secondary N) is 1. The molecule has 1 fully saturated rings. The molecule has 0 bridgehead atoms. The predicted molar refractivity (Wildman–Crippen MR) is 122 cm³/mol. The highest BCUT2D eigenvalue weighted by Crippen LogP contribution is 2.36. The number of carbonyl (C=O) groups is 1. The average molecular weight is 479 g/mol. The molecule has 1 N–H and O–H groups in total. The maximum Gasteiger partial charge on any atom is 0.237 e. The van der Waals surface area contributed by atoms with Crippen LogP contribution in [0.3, 0.4) is 0 Å². The number of hydrogen-bond donors (Lipinski definition) is 1. The molecular weight excluding hydrogens is 458 g/mol. The molecule has 168 valence electrons. The number of anilines is 2. The van der Waals surface area contributed by atoms with Crippen molar-refractivity contribution in [3.8, 4) is 11.5 Å². The minimum absolute atomic E-state index is 0.00617. The Hall–Kier alpha value is -2.84. The number of benzene rings is 2. The van der Waals surface area contributed by atoms with Crippen LogP contribution in [0, 0.1) is 5.82 Å². The molecule has 1 aliphatic heterocycles. The van der Waals surface area contributed by atoms with Gasteiger partial charge in [0.1, 0.15) is 24.6 Å². The fourth-order valence-electron chi connectivity index (χ4n) is 3.76. The molecule has 0 aliphatic carbocycles. The molecular formula is C22H21Cl2FN4O3. The van der Waals surface area contributed by atoms with Crippen LogP contribution in [0.4, 0.5) is 15.9 Å². The number of halogens is 3. The standard InChI is InChI=1S/C22H21Cl2FN4O3/c1-31-18-9-17-14(8-19(18)32-11-13-4-3-7-29(13)20(30)10-23)22(27-12-26-17)28-16-6-2-5-15(24)21(16)25/h2,5-6,8-9,12-13H,3-4,7,10-11H2,1H3,(H,26,27,28). The number of aromatic nitrogens is 2. The van der Waals surface area contributed by atoms with Crippen LogP contribution in [-0.4, -0.2) is 53.0 Å². The van der Waals surface area contributed by atoms with Crippen molar-refractivity contribution >= 4 is 51.5 Å². The lowest BCUT2D eigenvalue weighted by molar-refractivity contribution is -0.129. The molecule has 1 unspecified atom stereocenters. The van der Waals surface area contributed by atoms with Gasteiger partial charge in [0.2, 0.25) is 5.91 Å². The van der Waals surface area contributed by atoms with E-state index in [-0.39, 0.29) is 28.5 Å². The molecule has 10 heteroatoms. The second kappa shape index (κ2) is 9.75. The number of hydrogen-bond acceptors (Lipinski definition) is 6. The Kier molecular flexibility index (Phi) is 6.81. The number of methoxy groups -OCH3 is 1. The van der Waals surface area contributed by atoms with E-state index in [0.29, 0.717) is 41.4 Å². The van der Waals surface area contributed by atoms with Crippen LogP contribution in [0.5, 0.6) is 11.5 Å². The Labute approximate surface area is 194 Å². The Morgan fingerprint density at radius 1 is 1.31 bits per heavy atom. The number of nitrogens with zero attached hydrogens (tertiary/aromatic N) is 3. The van der Waals surface area contributed by atoms with Crippen molar-refractivity contribution in [3.63, 3.8) is 0 Å². The number of carbonyl (C=O) groups excluding carboxylic acids is 1. The third-order valence-electron chi connectivity index (χ3n) is 5.37. The van der Waals surface area contributed by atoms with Crippen LogP contribution in [-0.2, 0) is 4.79 Å². The lowest BCUT2D eigenvalue weighted by Gasteiger charge is -2.24. The van der Waals surface area contributed by atoms with E-state index in [2.05, 4.69) is 15.3 Å². The molecule has 1 amide bonds. The van der Waals surface area contributed by atoms with E-state index < -0.39 is 5.82 Å². The van der Waals surface area contributed by atoms with Gasteiger partial charge in [-0.25, -0.2) is 14.4 Å². The van der Waals surface area contributed by atoms with Crippen molar-refractivity contribution < 1.29 is 18.7 Å². The molecule has 4 rings (SSSR count). The summed E-state index contributed by atoms with van der Waals surface area (Å²) >= 11 is 11.6. The number of rotatable bonds is 7. The highest BCUT2D eigenvalue weighted by molar-refractivity contribution is 6.31. The molecule has 0 spiro atoms. The van der Waals surface area contributed by atoms with Crippen LogP contribution in [0.2, 0.25) is 5.02 Å². The first-order valence-electron chi connectivity index (χ1n) is 10.0. The van der Waals surface area contributed by atoms with Gasteiger partial charge in [-0.15, -0.1) is 11.6 Å². The molecule has 1 saturated heterocycles. The average Bonchev–Trinajstić information content (AvgIpc) is 3.28. The van der Waals surface area contributed by atoms with Gasteiger partial charge in [-0.05, 0) is 31.0 Å². The zero-order valence-corrected chi connectivity index (χ0v) is 18.8. The van der Waals surface area contributed by atoms with E-state index in [1.165, 1.54) is 19.5 Å². The van der Waals surface area contributed by atoms with E-state index in [0.717, 1.165) is 12.8 Å². The fraction of sp³-hybridized carbons (Fsp3) is 0.318. The van der Waals surface area contributed by atoms with Gasteiger partial charge in [-0.3, -0.25) is 4.79 Å². The van der Waals surface area contributed by atoms with Gasteiger partial charge in [0, 0.05) is 18.0 Å². The summed E-state index contributed by atoms with van der Waals surface area (Å²) in [7, 11) is 1.54. The van der Waals surface area contributed by atoms with Crippen LogP contribution < -0.4 is 14.8 Å². The third-order valence-corrected chi connectivity index (χ3v) is 5.89. The van der Waals surface area contributed by atoms with Gasteiger partial charge in [0.25, 0.3) is 0 Å². The number of ether oxygens (including phenoxy) is 2. The topological polar surface area (TPSA) is 76.6 Å². The molecule has 1 aliphatic rings. The smallest absolute Gasteiger partial charge is 0.237 e. The number of likely N-dealkylation sites (tertiary alicyclic amines) is 1. The van der Waals surface area contributed by atoms with Gasteiger partial charge in [-0.2, -0.15) is 0 Å². The van der Waals surface area contributed by atoms with Crippen molar-refractivity contribution in [2.45, 2.75) is 18.9 Å². The highest BCUT2D eigenvalue weighted by atomic mass is 35.5. The summed E-state index contributed by atoms with van der Waals surface area (Å²) in [6.45, 7) is 0.964. The monoisotopic (exact) mass is 478 g/mol. The van der Waals surface area contributed by atoms with Crippen LogP contribution >= 0.6 is 23.2 Å². The lowest BCUT2D eigenvalue weighted by Crippen LogP contribution is -2.39. The molecule has 0 saturated carbocycles. The van der Waals surface area contributed by atoms with Crippen molar-refractivity contribution in [3.05, 3.63) is 47.5 Å². The first-order valence-corrected chi connectivity index (χ1v) is 10.9. The van der Waals surface area contributed by atoms with E-state index >= 15 is 0 Å². The summed E-state index contributed by atoms with van der Waals surface area (Å²) in [5.74, 6) is 0.618. The summed E-state index contributed by atoms with van der Waals surface area (Å²) in [4.78, 5) is 22.3. The molecule has 1 atom stereocenters. The molecule has 32 heavy (non-hydrogen) atoms. The molecule has 7 nitrogen and oxygen atoms in total. The van der Waals surface area contributed by atoms with Gasteiger partial charge >= 0.3 is 0 Å². The zero-order chi connectivity index (χ0) is 22.7. The predicted octanol–water partition coefficient (Wildman–Crippen LogP) is 4.78. The summed E-state index contributed by atoms with van der Waals surface area (Å²) in [6.07, 6.45) is 3.11. The van der Waals surface area contributed by atoms with Crippen molar-refractivity contribution in [2.75, 3.05) is 31.5 Å². The Morgan fingerprint density at radius 2 is 2.16 bits per heavy atom. The van der Waals surface area contributed by atoms with E-state index in [1.54, 1.807) is 29.2 Å². The van der Waals surface area contributed by atoms with Crippen molar-refractivity contribution in [1.29, 1.82) is 0 Å². The molecule has 3 aromatic rings. The van der Waals surface area contributed by atoms with Crippen LogP contribution in [0.1, 0.15) is 12.8 Å². The third kappa shape index (κ3) is 4.52. The maximum absolute atomic E-state index is 14.4. The Morgan fingerprint density at radius 3 is 2.94 bits per heavy atom. The first-order chi connectivity index (χ1) is 15.5. The van der Waals surface area contributed by atoms with Gasteiger partial charge in [0.05, 0.1) is 29.4 Å². The zero-order valence-electron chi connectivity index (χ0n) is 17.3. The van der Waals surface area contributed by atoms with Crippen molar-refractivity contribution in [1.82, 2.24) is 14.9 Å². The number of amides is 1. The molecule has 2 aromatic carbocycles. The van der Waals surface area contributed by atoms with Gasteiger partial charge < -0.3 is 19.7 Å². The number of alkyl halides is 1. The summed E-state index contributed by atoms with van der Waals surface area (Å²) in [5, 5.41) is 3.59. The number of fused-ring (bicyclic) bond motifs is 1. The molecule has 0 radical (unpaired) electrons. The SMILES string of the molecule is COc1cc2ncnc(Nc3cccc(Cl)c3F)c2cc1OCC1CCCN1C(=O)CCl. The van der Waals surface area contributed by atoms with Crippen LogP contribution in [0.25, 0.3) is 10.9 Å². The Balaban J connectivity index is 1.63. The van der Waals surface area contributed by atoms with E-state index in [4.69, 9.17) is 32.7 Å². The first kappa shape index (κ1) is 22.4. The summed E-state index contributed by atoms with van der Waals surface area (Å²) in [5.41, 5.74) is 0.783. The summed E-state index contributed by atoms with van der Waals surface area (Å²) in [6, 6.07) is 8.08. The minimum atomic E-state index is -0.573. The fourth-order valence-corrected chi connectivity index (χ4v) is 4.09. The molecule has 1 aromatic heterocycles.